The third-order valence-corrected chi connectivity index (χ3v) is 3.02. The molecule has 0 spiro atoms. The highest BCUT2D eigenvalue weighted by Crippen LogP contribution is 2.23. The number of rotatable bonds is 7. The van der Waals surface area contributed by atoms with Crippen molar-refractivity contribution in [2.75, 3.05) is 19.5 Å². The topological polar surface area (TPSA) is 35.5 Å². The summed E-state index contributed by atoms with van der Waals surface area (Å²) in [5.41, 5.74) is 0.649. The Morgan fingerprint density at radius 2 is 1.71 bits per heavy atom. The van der Waals surface area contributed by atoms with E-state index in [9.17, 15) is 4.79 Å². The molecule has 4 heteroatoms. The molecule has 0 unspecified atom stereocenters. The Kier molecular flexibility index (Phi) is 6.05. The minimum Gasteiger partial charge on any atom is -0.497 e. The number of ether oxygens (including phenoxy) is 2. The normalized spacial score (nSPS) is 10.1. The second-order valence-electron chi connectivity index (χ2n) is 3.67. The second-order valence-corrected chi connectivity index (χ2v) is 4.46. The van der Waals surface area contributed by atoms with Crippen molar-refractivity contribution in [3.8, 4) is 11.5 Å². The van der Waals surface area contributed by atoms with Gasteiger partial charge in [0.25, 0.3) is 0 Å². The van der Waals surface area contributed by atoms with Crippen LogP contribution in [0.2, 0.25) is 0 Å². The molecule has 0 N–H and O–H groups in total. The molecule has 0 bridgehead atoms. The molecule has 0 heterocycles. The first-order chi connectivity index (χ1) is 8.21. The van der Waals surface area contributed by atoms with Crippen LogP contribution in [0, 0.1) is 0 Å². The molecule has 0 amide bonds. The minimum absolute atomic E-state index is 0.128. The molecule has 0 aromatic heterocycles. The summed E-state index contributed by atoms with van der Waals surface area (Å²) in [4.78, 5) is 11.9. The number of hydrogen-bond acceptors (Lipinski definition) is 3. The van der Waals surface area contributed by atoms with Gasteiger partial charge in [-0.1, -0.05) is 15.9 Å². The summed E-state index contributed by atoms with van der Waals surface area (Å²) in [6, 6.07) is 5.26. The summed E-state index contributed by atoms with van der Waals surface area (Å²) in [5.74, 6) is 1.42. The number of Topliss-reactive ketones (excluding diaryl/α,β-unsaturated/α-hetero) is 1. The second kappa shape index (κ2) is 7.33. The number of ketones is 1. The van der Waals surface area contributed by atoms with Crippen molar-refractivity contribution >= 4 is 21.7 Å². The molecular weight excluding hydrogens is 284 g/mol. The van der Waals surface area contributed by atoms with Gasteiger partial charge in [0.1, 0.15) is 11.5 Å². The highest BCUT2D eigenvalue weighted by molar-refractivity contribution is 9.09. The van der Waals surface area contributed by atoms with Crippen LogP contribution >= 0.6 is 15.9 Å². The number of halogens is 1. The number of alkyl halides is 1. The third kappa shape index (κ3) is 4.38. The molecule has 94 valence electrons. The SMILES string of the molecule is COc1cc(OC)cc(C(=O)CCCCBr)c1. The quantitative estimate of drug-likeness (QED) is 0.439. The van der Waals surface area contributed by atoms with Crippen LogP contribution in [-0.2, 0) is 0 Å². The van der Waals surface area contributed by atoms with Crippen molar-refractivity contribution in [1.29, 1.82) is 0 Å². The lowest BCUT2D eigenvalue weighted by Crippen LogP contribution is -2.00. The molecule has 0 saturated heterocycles. The van der Waals surface area contributed by atoms with Gasteiger partial charge >= 0.3 is 0 Å². The summed E-state index contributed by atoms with van der Waals surface area (Å²) in [6.45, 7) is 0. The standard InChI is InChI=1S/C13H17BrO3/c1-16-11-7-10(8-12(9-11)17-2)13(15)5-3-4-6-14/h7-9H,3-6H2,1-2H3. The summed E-state index contributed by atoms with van der Waals surface area (Å²) in [6.07, 6.45) is 2.46. The zero-order valence-corrected chi connectivity index (χ0v) is 11.7. The van der Waals surface area contributed by atoms with E-state index in [1.54, 1.807) is 32.4 Å². The Morgan fingerprint density at radius 3 is 2.18 bits per heavy atom. The van der Waals surface area contributed by atoms with Gasteiger partial charge in [0, 0.05) is 23.4 Å². The monoisotopic (exact) mass is 300 g/mol. The first kappa shape index (κ1) is 14.0. The van der Waals surface area contributed by atoms with Crippen molar-refractivity contribution in [3.63, 3.8) is 0 Å². The van der Waals surface area contributed by atoms with E-state index >= 15 is 0 Å². The first-order valence-electron chi connectivity index (χ1n) is 5.53. The van der Waals surface area contributed by atoms with E-state index in [0.717, 1.165) is 18.2 Å². The van der Waals surface area contributed by atoms with Crippen molar-refractivity contribution in [2.45, 2.75) is 19.3 Å². The van der Waals surface area contributed by atoms with Gasteiger partial charge < -0.3 is 9.47 Å². The zero-order chi connectivity index (χ0) is 12.7. The Bertz CT molecular complexity index is 355. The van der Waals surface area contributed by atoms with E-state index in [2.05, 4.69) is 15.9 Å². The van der Waals surface area contributed by atoms with Crippen molar-refractivity contribution in [3.05, 3.63) is 23.8 Å². The van der Waals surface area contributed by atoms with Crippen LogP contribution in [0.25, 0.3) is 0 Å². The summed E-state index contributed by atoms with van der Waals surface area (Å²) in [7, 11) is 3.15. The highest BCUT2D eigenvalue weighted by atomic mass is 79.9. The number of benzene rings is 1. The molecule has 0 aliphatic carbocycles. The number of unbranched alkanes of at least 4 members (excludes halogenated alkanes) is 1. The maximum absolute atomic E-state index is 11.9. The van der Waals surface area contributed by atoms with E-state index in [-0.39, 0.29) is 5.78 Å². The minimum atomic E-state index is 0.128. The van der Waals surface area contributed by atoms with E-state index in [1.807, 2.05) is 0 Å². The molecule has 1 aromatic rings. The van der Waals surface area contributed by atoms with Gasteiger partial charge in [-0.2, -0.15) is 0 Å². The summed E-state index contributed by atoms with van der Waals surface area (Å²) < 4.78 is 10.3. The largest absolute Gasteiger partial charge is 0.497 e. The van der Waals surface area contributed by atoms with Crippen LogP contribution in [0.1, 0.15) is 29.6 Å². The van der Waals surface area contributed by atoms with Gasteiger partial charge in [0.05, 0.1) is 14.2 Å². The molecule has 0 radical (unpaired) electrons. The van der Waals surface area contributed by atoms with E-state index in [1.165, 1.54) is 0 Å². The van der Waals surface area contributed by atoms with Crippen LogP contribution in [0.15, 0.2) is 18.2 Å². The molecular formula is C13H17BrO3. The van der Waals surface area contributed by atoms with Crippen LogP contribution in [0.5, 0.6) is 11.5 Å². The number of hydrogen-bond donors (Lipinski definition) is 0. The molecule has 1 rings (SSSR count). The van der Waals surface area contributed by atoms with Crippen molar-refractivity contribution in [2.24, 2.45) is 0 Å². The van der Waals surface area contributed by atoms with Gasteiger partial charge in [-0.05, 0) is 25.0 Å². The third-order valence-electron chi connectivity index (χ3n) is 2.46. The molecule has 0 saturated carbocycles. The molecule has 3 nitrogen and oxygen atoms in total. The van der Waals surface area contributed by atoms with Crippen LogP contribution in [0.3, 0.4) is 0 Å². The lowest BCUT2D eigenvalue weighted by molar-refractivity contribution is 0.0979. The molecule has 1 aromatic carbocycles. The Balaban J connectivity index is 2.77. The van der Waals surface area contributed by atoms with Gasteiger partial charge in [-0.15, -0.1) is 0 Å². The Morgan fingerprint density at radius 1 is 1.12 bits per heavy atom. The molecule has 0 fully saturated rings. The lowest BCUT2D eigenvalue weighted by atomic mass is 10.1. The maximum Gasteiger partial charge on any atom is 0.163 e. The zero-order valence-electron chi connectivity index (χ0n) is 10.2. The fraction of sp³-hybridized carbons (Fsp3) is 0.462. The first-order valence-corrected chi connectivity index (χ1v) is 6.65. The van der Waals surface area contributed by atoms with E-state index in [0.29, 0.717) is 23.5 Å². The molecule has 17 heavy (non-hydrogen) atoms. The maximum atomic E-state index is 11.9. The fourth-order valence-corrected chi connectivity index (χ4v) is 1.89. The summed E-state index contributed by atoms with van der Waals surface area (Å²) >= 11 is 3.35. The van der Waals surface area contributed by atoms with Crippen LogP contribution < -0.4 is 9.47 Å². The van der Waals surface area contributed by atoms with Crippen LogP contribution in [-0.4, -0.2) is 25.3 Å². The predicted octanol–water partition coefficient (Wildman–Crippen LogP) is 3.45. The van der Waals surface area contributed by atoms with Gasteiger partial charge in [-0.3, -0.25) is 4.79 Å². The molecule has 0 atom stereocenters. The number of carbonyl (C=O) groups excluding carboxylic acids is 1. The van der Waals surface area contributed by atoms with Gasteiger partial charge in [0.2, 0.25) is 0 Å². The Labute approximate surface area is 110 Å². The summed E-state index contributed by atoms with van der Waals surface area (Å²) in [5, 5.41) is 0.932. The average molecular weight is 301 g/mol. The van der Waals surface area contributed by atoms with Gasteiger partial charge in [0.15, 0.2) is 5.78 Å². The lowest BCUT2D eigenvalue weighted by Gasteiger charge is -2.07. The van der Waals surface area contributed by atoms with Crippen LogP contribution in [0.4, 0.5) is 0 Å². The average Bonchev–Trinajstić information content (AvgIpc) is 2.38. The van der Waals surface area contributed by atoms with E-state index < -0.39 is 0 Å². The van der Waals surface area contributed by atoms with E-state index in [4.69, 9.17) is 9.47 Å². The predicted molar refractivity (Wildman–Crippen MR) is 71.5 cm³/mol. The number of carbonyl (C=O) groups is 1. The van der Waals surface area contributed by atoms with Crippen molar-refractivity contribution in [1.82, 2.24) is 0 Å². The van der Waals surface area contributed by atoms with Crippen molar-refractivity contribution < 1.29 is 14.3 Å². The molecule has 0 aliphatic heterocycles. The highest BCUT2D eigenvalue weighted by Gasteiger charge is 2.09. The Hall–Kier alpha value is -1.03. The number of methoxy groups -OCH3 is 2. The molecule has 0 aliphatic rings. The van der Waals surface area contributed by atoms with Gasteiger partial charge in [-0.25, -0.2) is 0 Å². The smallest absolute Gasteiger partial charge is 0.163 e. The fourth-order valence-electron chi connectivity index (χ4n) is 1.49.